The number of fused-ring (bicyclic) bond motifs is 2. The summed E-state index contributed by atoms with van der Waals surface area (Å²) >= 11 is 6.73. The molecular weight excluding hydrogens is 568 g/mol. The number of nitrogens with zero attached hydrogens (tertiary/aromatic N) is 2. The minimum Gasteiger partial charge on any atom is -0.245 e. The van der Waals surface area contributed by atoms with Gasteiger partial charge in [-0.2, -0.15) is 0 Å². The van der Waals surface area contributed by atoms with Crippen LogP contribution < -0.4 is 0 Å². The summed E-state index contributed by atoms with van der Waals surface area (Å²) in [6, 6.07) is 56.5. The average molecular weight is 595 g/mol. The molecule has 0 aliphatic carbocycles. The van der Waals surface area contributed by atoms with Crippen molar-refractivity contribution >= 4 is 33.1 Å². The van der Waals surface area contributed by atoms with Gasteiger partial charge >= 0.3 is 0 Å². The van der Waals surface area contributed by atoms with Gasteiger partial charge < -0.3 is 0 Å². The summed E-state index contributed by atoms with van der Waals surface area (Å²) in [5, 5.41) is 4.90. The minimum absolute atomic E-state index is 0.679. The first-order chi connectivity index (χ1) is 22.3. The number of hydrogen-bond acceptors (Lipinski definition) is 2. The summed E-state index contributed by atoms with van der Waals surface area (Å²) in [5.41, 5.74) is 9.95. The summed E-state index contributed by atoms with van der Waals surface area (Å²) in [5.74, 6) is 0. The third kappa shape index (κ3) is 4.86. The van der Waals surface area contributed by atoms with Gasteiger partial charge in [0.15, 0.2) is 0 Å². The molecule has 0 radical (unpaired) electrons. The normalized spacial score (nSPS) is 11.2. The zero-order valence-corrected chi connectivity index (χ0v) is 25.1. The molecule has 0 atom stereocenters. The Morgan fingerprint density at radius 3 is 1.18 bits per heavy atom. The summed E-state index contributed by atoms with van der Waals surface area (Å²) in [4.78, 5) is 11.1. The molecule has 0 unspecified atom stereocenters. The van der Waals surface area contributed by atoms with Crippen molar-refractivity contribution in [2.24, 2.45) is 0 Å². The van der Waals surface area contributed by atoms with Crippen LogP contribution >= 0.6 is 11.6 Å². The molecule has 0 aliphatic heterocycles. The smallest absolute Gasteiger partial charge is 0.0979 e. The van der Waals surface area contributed by atoms with Crippen molar-refractivity contribution in [3.8, 4) is 56.2 Å². The molecule has 2 heterocycles. The Morgan fingerprint density at radius 2 is 0.689 bits per heavy atom. The molecule has 0 N–H and O–H groups in total. The van der Waals surface area contributed by atoms with E-state index in [1.165, 1.54) is 0 Å². The molecule has 45 heavy (non-hydrogen) atoms. The molecule has 0 saturated carbocycles. The van der Waals surface area contributed by atoms with Gasteiger partial charge in [0.2, 0.25) is 0 Å². The SMILES string of the molecule is Clc1ccc2c(-c3nc(-c4ccccc4)c(-c4ccccc4)c4ccccc34)nc(-c3ccccc3)c(-c3ccccc3)c2c1. The van der Waals surface area contributed by atoms with Crippen molar-refractivity contribution < 1.29 is 0 Å². The van der Waals surface area contributed by atoms with Crippen LogP contribution in [0.3, 0.4) is 0 Å². The Morgan fingerprint density at radius 1 is 0.311 bits per heavy atom. The predicted octanol–water partition coefficient (Wildman–Crippen LogP) is 11.8. The number of pyridine rings is 2. The van der Waals surface area contributed by atoms with Crippen molar-refractivity contribution in [3.63, 3.8) is 0 Å². The van der Waals surface area contributed by atoms with Crippen LogP contribution in [0.25, 0.3) is 77.7 Å². The Labute approximate surface area is 267 Å². The molecule has 0 spiro atoms. The van der Waals surface area contributed by atoms with Gasteiger partial charge in [0, 0.05) is 38.0 Å². The number of benzene rings is 6. The van der Waals surface area contributed by atoms with Gasteiger partial charge in [-0.3, -0.25) is 0 Å². The highest BCUT2D eigenvalue weighted by Gasteiger charge is 2.23. The average Bonchev–Trinajstić information content (AvgIpc) is 3.11. The Bertz CT molecular complexity index is 2300. The van der Waals surface area contributed by atoms with Crippen LogP contribution in [-0.2, 0) is 0 Å². The maximum Gasteiger partial charge on any atom is 0.0979 e. The standard InChI is InChI=1S/C42H27ClN2/c43-32-25-26-35-36(27-32)38(29-17-7-2-8-18-29)40(31-21-11-4-12-22-31)45-42(35)41-34-24-14-13-23-33(34)37(28-15-5-1-6-16-28)39(44-41)30-19-9-3-10-20-30/h1-27H. The third-order valence-electron chi connectivity index (χ3n) is 8.32. The van der Waals surface area contributed by atoms with Gasteiger partial charge in [-0.15, -0.1) is 0 Å². The molecule has 6 aromatic carbocycles. The van der Waals surface area contributed by atoms with Gasteiger partial charge in [-0.05, 0) is 34.0 Å². The van der Waals surface area contributed by atoms with E-state index in [0.717, 1.165) is 77.7 Å². The lowest BCUT2D eigenvalue weighted by molar-refractivity contribution is 1.28. The number of rotatable bonds is 5. The zero-order chi connectivity index (χ0) is 30.2. The van der Waals surface area contributed by atoms with Crippen LogP contribution in [0.4, 0.5) is 0 Å². The molecule has 0 aliphatic rings. The van der Waals surface area contributed by atoms with Crippen molar-refractivity contribution in [2.75, 3.05) is 0 Å². The summed E-state index contributed by atoms with van der Waals surface area (Å²) < 4.78 is 0. The summed E-state index contributed by atoms with van der Waals surface area (Å²) in [7, 11) is 0. The van der Waals surface area contributed by atoms with Gasteiger partial charge in [-0.1, -0.05) is 163 Å². The molecule has 3 heteroatoms. The van der Waals surface area contributed by atoms with E-state index in [2.05, 4.69) is 140 Å². The van der Waals surface area contributed by atoms with E-state index < -0.39 is 0 Å². The maximum absolute atomic E-state index is 6.73. The molecule has 8 aromatic rings. The predicted molar refractivity (Wildman–Crippen MR) is 189 cm³/mol. The highest BCUT2D eigenvalue weighted by molar-refractivity contribution is 6.32. The third-order valence-corrected chi connectivity index (χ3v) is 8.56. The van der Waals surface area contributed by atoms with E-state index in [1.807, 2.05) is 24.3 Å². The fourth-order valence-electron chi connectivity index (χ4n) is 6.31. The van der Waals surface area contributed by atoms with Crippen LogP contribution in [-0.4, -0.2) is 9.97 Å². The molecule has 0 amide bonds. The van der Waals surface area contributed by atoms with Gasteiger partial charge in [0.1, 0.15) is 0 Å². The minimum atomic E-state index is 0.679. The summed E-state index contributed by atoms with van der Waals surface area (Å²) in [6.45, 7) is 0. The number of halogens is 1. The fourth-order valence-corrected chi connectivity index (χ4v) is 6.49. The summed E-state index contributed by atoms with van der Waals surface area (Å²) in [6.07, 6.45) is 0. The first-order valence-electron chi connectivity index (χ1n) is 15.0. The van der Waals surface area contributed by atoms with Crippen molar-refractivity contribution in [3.05, 3.63) is 169 Å². The second-order valence-corrected chi connectivity index (χ2v) is 11.5. The molecule has 0 fully saturated rings. The highest BCUT2D eigenvalue weighted by Crippen LogP contribution is 2.45. The van der Waals surface area contributed by atoms with Gasteiger partial charge in [-0.25, -0.2) is 9.97 Å². The molecule has 8 rings (SSSR count). The number of hydrogen-bond donors (Lipinski definition) is 0. The molecule has 2 aromatic heterocycles. The van der Waals surface area contributed by atoms with Crippen LogP contribution in [0.1, 0.15) is 0 Å². The monoisotopic (exact) mass is 594 g/mol. The number of aromatic nitrogens is 2. The molecular formula is C42H27ClN2. The van der Waals surface area contributed by atoms with Crippen LogP contribution in [0.2, 0.25) is 5.02 Å². The van der Waals surface area contributed by atoms with Crippen molar-refractivity contribution in [1.82, 2.24) is 9.97 Å². The lowest BCUT2D eigenvalue weighted by atomic mass is 9.89. The largest absolute Gasteiger partial charge is 0.245 e. The van der Waals surface area contributed by atoms with E-state index >= 15 is 0 Å². The van der Waals surface area contributed by atoms with Crippen LogP contribution in [0, 0.1) is 0 Å². The zero-order valence-electron chi connectivity index (χ0n) is 24.4. The highest BCUT2D eigenvalue weighted by atomic mass is 35.5. The lowest BCUT2D eigenvalue weighted by Crippen LogP contribution is -2.00. The first kappa shape index (κ1) is 27.0. The van der Waals surface area contributed by atoms with E-state index in [9.17, 15) is 0 Å². The first-order valence-corrected chi connectivity index (χ1v) is 15.4. The Kier molecular flexibility index (Phi) is 6.90. The Hall–Kier alpha value is -5.57. The molecule has 212 valence electrons. The van der Waals surface area contributed by atoms with Gasteiger partial charge in [0.25, 0.3) is 0 Å². The maximum atomic E-state index is 6.73. The quantitative estimate of drug-likeness (QED) is 0.198. The second kappa shape index (κ2) is 11.5. The molecule has 0 saturated heterocycles. The van der Waals surface area contributed by atoms with E-state index in [-0.39, 0.29) is 0 Å². The fraction of sp³-hybridized carbons (Fsp3) is 0. The van der Waals surface area contributed by atoms with Crippen LogP contribution in [0.15, 0.2) is 164 Å². The Balaban J connectivity index is 1.54. The second-order valence-electron chi connectivity index (χ2n) is 11.1. The van der Waals surface area contributed by atoms with Crippen molar-refractivity contribution in [2.45, 2.75) is 0 Å². The molecule has 2 nitrogen and oxygen atoms in total. The van der Waals surface area contributed by atoms with E-state index in [4.69, 9.17) is 21.6 Å². The van der Waals surface area contributed by atoms with Crippen LogP contribution in [0.5, 0.6) is 0 Å². The van der Waals surface area contributed by atoms with Gasteiger partial charge in [0.05, 0.1) is 22.8 Å². The lowest BCUT2D eigenvalue weighted by Gasteiger charge is -2.20. The van der Waals surface area contributed by atoms with Crippen molar-refractivity contribution in [1.29, 1.82) is 0 Å². The topological polar surface area (TPSA) is 25.8 Å². The van der Waals surface area contributed by atoms with E-state index in [0.29, 0.717) is 5.02 Å². The van der Waals surface area contributed by atoms with E-state index in [1.54, 1.807) is 0 Å². The molecule has 0 bridgehead atoms.